The molecule has 0 radical (unpaired) electrons. The number of nitrogens with zero attached hydrogens (tertiary/aromatic N) is 2. The van der Waals surface area contributed by atoms with Gasteiger partial charge in [-0.25, -0.2) is 14.4 Å². The van der Waals surface area contributed by atoms with E-state index >= 15 is 0 Å². The molecule has 15 nitrogen and oxygen atoms in total. The van der Waals surface area contributed by atoms with E-state index in [4.69, 9.17) is 35.2 Å². The SMILES string of the molecule is NC(CCN(CCC(CN(CCC(N)C(=O)OCc1ccccc1)C(=O)OCc1ccccc1)OCC(=O)O)C(=O)OCc1ccccc1)C(=O)OCc1ccccc1. The minimum Gasteiger partial charge on any atom is -0.480 e. The molecule has 0 fully saturated rings. The lowest BCUT2D eigenvalue weighted by molar-refractivity contribution is -0.147. The fourth-order valence-corrected chi connectivity index (χ4v) is 5.63. The van der Waals surface area contributed by atoms with Crippen LogP contribution in [0.15, 0.2) is 121 Å². The van der Waals surface area contributed by atoms with Gasteiger partial charge in [0.15, 0.2) is 0 Å². The van der Waals surface area contributed by atoms with Crippen LogP contribution in [0.5, 0.6) is 0 Å². The first-order chi connectivity index (χ1) is 28.6. The Morgan fingerprint density at radius 2 is 0.831 bits per heavy atom. The molecule has 2 amide bonds. The summed E-state index contributed by atoms with van der Waals surface area (Å²) < 4.78 is 27.7. The molecule has 0 aromatic heterocycles. The van der Waals surface area contributed by atoms with Crippen molar-refractivity contribution in [1.82, 2.24) is 9.80 Å². The molecule has 0 heterocycles. The summed E-state index contributed by atoms with van der Waals surface area (Å²) in [6, 6.07) is 34.1. The highest BCUT2D eigenvalue weighted by Gasteiger charge is 2.27. The van der Waals surface area contributed by atoms with Crippen LogP contribution < -0.4 is 11.5 Å². The number of rotatable bonds is 24. The van der Waals surface area contributed by atoms with E-state index in [0.29, 0.717) is 0 Å². The number of benzene rings is 4. The van der Waals surface area contributed by atoms with Crippen molar-refractivity contribution in [2.24, 2.45) is 11.5 Å². The Bertz CT molecular complexity index is 1870. The van der Waals surface area contributed by atoms with Gasteiger partial charge in [0.05, 0.1) is 12.6 Å². The molecule has 5 N–H and O–H groups in total. The van der Waals surface area contributed by atoms with Gasteiger partial charge in [-0.15, -0.1) is 0 Å². The molecule has 0 spiro atoms. The fraction of sp³-hybridized carbons (Fsp3) is 0.341. The monoisotopic (exact) mass is 812 g/mol. The summed E-state index contributed by atoms with van der Waals surface area (Å²) in [6.07, 6.45) is -2.40. The molecule has 59 heavy (non-hydrogen) atoms. The molecule has 0 saturated heterocycles. The number of carboxylic acids is 1. The minimum absolute atomic E-state index is 0.0179. The van der Waals surface area contributed by atoms with Crippen LogP contribution in [-0.2, 0) is 64.5 Å². The molecule has 4 aromatic rings. The van der Waals surface area contributed by atoms with Gasteiger partial charge >= 0.3 is 30.1 Å². The minimum atomic E-state index is -1.25. The summed E-state index contributed by atoms with van der Waals surface area (Å²) in [6.45, 7) is -1.08. The molecule has 4 aromatic carbocycles. The molecule has 0 aliphatic heterocycles. The van der Waals surface area contributed by atoms with Crippen LogP contribution in [0.3, 0.4) is 0 Å². The van der Waals surface area contributed by atoms with E-state index in [-0.39, 0.29) is 71.9 Å². The summed E-state index contributed by atoms with van der Waals surface area (Å²) in [5.74, 6) is -2.58. The van der Waals surface area contributed by atoms with Crippen LogP contribution in [-0.4, -0.2) is 96.0 Å². The van der Waals surface area contributed by atoms with Gasteiger partial charge in [-0.05, 0) is 41.5 Å². The Morgan fingerprint density at radius 3 is 1.22 bits per heavy atom. The molecule has 0 bridgehead atoms. The van der Waals surface area contributed by atoms with E-state index < -0.39 is 54.9 Å². The number of carbonyl (C=O) groups excluding carboxylic acids is 4. The average molecular weight is 813 g/mol. The molecule has 0 aliphatic rings. The molecule has 0 saturated carbocycles. The predicted octanol–water partition coefficient (Wildman–Crippen LogP) is 5.05. The van der Waals surface area contributed by atoms with Crippen molar-refractivity contribution in [3.8, 4) is 0 Å². The lowest BCUT2D eigenvalue weighted by Gasteiger charge is -2.30. The van der Waals surface area contributed by atoms with Crippen molar-refractivity contribution in [1.29, 1.82) is 0 Å². The summed E-state index contributed by atoms with van der Waals surface area (Å²) in [5.41, 5.74) is 15.4. The highest BCUT2D eigenvalue weighted by molar-refractivity contribution is 5.76. The molecule has 4 rings (SSSR count). The van der Waals surface area contributed by atoms with Crippen molar-refractivity contribution in [3.63, 3.8) is 0 Å². The summed E-state index contributed by atoms with van der Waals surface area (Å²) in [5, 5.41) is 9.50. The Balaban J connectivity index is 1.45. The largest absolute Gasteiger partial charge is 0.480 e. The number of hydrogen-bond acceptors (Lipinski definition) is 12. The predicted molar refractivity (Wildman–Crippen MR) is 216 cm³/mol. The van der Waals surface area contributed by atoms with E-state index in [9.17, 15) is 29.1 Å². The number of aliphatic carboxylic acids is 1. The van der Waals surface area contributed by atoms with Crippen LogP contribution in [0.2, 0.25) is 0 Å². The van der Waals surface area contributed by atoms with Gasteiger partial charge in [-0.2, -0.15) is 0 Å². The first kappa shape index (κ1) is 45.4. The van der Waals surface area contributed by atoms with Crippen molar-refractivity contribution in [3.05, 3.63) is 144 Å². The van der Waals surface area contributed by atoms with Gasteiger partial charge in [0.25, 0.3) is 0 Å². The van der Waals surface area contributed by atoms with Crippen molar-refractivity contribution >= 4 is 30.1 Å². The maximum absolute atomic E-state index is 13.6. The number of ether oxygens (including phenoxy) is 5. The third-order valence-corrected chi connectivity index (χ3v) is 8.99. The van der Waals surface area contributed by atoms with Crippen LogP contribution in [0.25, 0.3) is 0 Å². The van der Waals surface area contributed by atoms with Crippen LogP contribution >= 0.6 is 0 Å². The highest BCUT2D eigenvalue weighted by Crippen LogP contribution is 2.13. The number of carboxylic acid groups (broad SMARTS) is 1. The van der Waals surface area contributed by atoms with Gasteiger partial charge in [-0.3, -0.25) is 9.59 Å². The van der Waals surface area contributed by atoms with Gasteiger partial charge in [-0.1, -0.05) is 121 Å². The third kappa shape index (κ3) is 17.4. The molecular weight excluding hydrogens is 761 g/mol. The topological polar surface area (TPSA) is 210 Å². The lowest BCUT2D eigenvalue weighted by Crippen LogP contribution is -2.45. The second-order valence-corrected chi connectivity index (χ2v) is 13.6. The molecule has 3 atom stereocenters. The van der Waals surface area contributed by atoms with Crippen molar-refractivity contribution in [2.45, 2.75) is 63.9 Å². The number of nitrogens with two attached hydrogens (primary N) is 2. The molecule has 314 valence electrons. The van der Waals surface area contributed by atoms with Crippen molar-refractivity contribution < 1.29 is 52.8 Å². The smallest absolute Gasteiger partial charge is 0.410 e. The van der Waals surface area contributed by atoms with Crippen LogP contribution in [0.4, 0.5) is 9.59 Å². The zero-order chi connectivity index (χ0) is 42.2. The lowest BCUT2D eigenvalue weighted by atomic mass is 10.1. The van der Waals surface area contributed by atoms with Gasteiger partial charge in [0.2, 0.25) is 0 Å². The van der Waals surface area contributed by atoms with Crippen molar-refractivity contribution in [2.75, 3.05) is 32.8 Å². The summed E-state index contributed by atoms with van der Waals surface area (Å²) in [4.78, 5) is 66.9. The maximum Gasteiger partial charge on any atom is 0.410 e. The Morgan fingerprint density at radius 1 is 0.492 bits per heavy atom. The summed E-state index contributed by atoms with van der Waals surface area (Å²) in [7, 11) is 0. The highest BCUT2D eigenvalue weighted by atomic mass is 16.6. The van der Waals surface area contributed by atoms with E-state index in [1.54, 1.807) is 48.5 Å². The molecular formula is C44H52N4O11. The first-order valence-corrected chi connectivity index (χ1v) is 19.2. The Labute approximate surface area is 343 Å². The van der Waals surface area contributed by atoms with Gasteiger partial charge < -0.3 is 50.1 Å². The Hall–Kier alpha value is -6.29. The zero-order valence-corrected chi connectivity index (χ0v) is 32.8. The first-order valence-electron chi connectivity index (χ1n) is 19.2. The second-order valence-electron chi connectivity index (χ2n) is 13.6. The maximum atomic E-state index is 13.6. The van der Waals surface area contributed by atoms with Gasteiger partial charge in [0, 0.05) is 19.6 Å². The zero-order valence-electron chi connectivity index (χ0n) is 32.8. The standard InChI is InChI=1S/C44H52N4O11/c45-38(41(51)56-28-33-13-5-1-6-14-33)22-25-47(43(53)58-30-35-17-9-3-10-18-35)24-21-37(55-32-40(49)50)27-48(44(54)59-31-36-19-11-4-12-20-36)26-23-39(46)42(52)57-29-34-15-7-2-8-16-34/h1-20,37-39H,21-32,45-46H2,(H,49,50). The van der Waals surface area contributed by atoms with E-state index in [1.807, 2.05) is 72.8 Å². The number of carbonyl (C=O) groups is 5. The average Bonchev–Trinajstić information content (AvgIpc) is 3.27. The van der Waals surface area contributed by atoms with E-state index in [1.165, 1.54) is 9.80 Å². The quantitative estimate of drug-likeness (QED) is 0.0626. The number of hydrogen-bond donors (Lipinski definition) is 3. The molecule has 15 heteroatoms. The number of amides is 2. The van der Waals surface area contributed by atoms with Crippen LogP contribution in [0, 0.1) is 0 Å². The molecule has 0 aliphatic carbocycles. The Kier molecular flexibility index (Phi) is 19.4. The third-order valence-electron chi connectivity index (χ3n) is 8.99. The summed E-state index contributed by atoms with van der Waals surface area (Å²) >= 11 is 0. The van der Waals surface area contributed by atoms with Crippen LogP contribution in [0.1, 0.15) is 41.5 Å². The van der Waals surface area contributed by atoms with Gasteiger partial charge in [0.1, 0.15) is 45.1 Å². The van der Waals surface area contributed by atoms with E-state index in [0.717, 1.165) is 22.3 Å². The second kappa shape index (κ2) is 25.2. The fourth-order valence-electron chi connectivity index (χ4n) is 5.63. The normalized spacial score (nSPS) is 12.3. The van der Waals surface area contributed by atoms with E-state index in [2.05, 4.69) is 0 Å². The molecule has 3 unspecified atom stereocenters. The number of esters is 2.